The summed E-state index contributed by atoms with van der Waals surface area (Å²) in [4.78, 5) is 9.62. The van der Waals surface area contributed by atoms with Gasteiger partial charge in [-0.25, -0.2) is 0 Å². The number of rotatable bonds is 1. The molecule has 0 saturated heterocycles. The van der Waals surface area contributed by atoms with Crippen molar-refractivity contribution < 1.29 is 4.42 Å². The van der Waals surface area contributed by atoms with E-state index in [2.05, 4.69) is 81.2 Å². The Morgan fingerprint density at radius 2 is 1.57 bits per heavy atom. The minimum atomic E-state index is -0.143. The van der Waals surface area contributed by atoms with Crippen LogP contribution in [0, 0.1) is 13.8 Å². The van der Waals surface area contributed by atoms with Crippen molar-refractivity contribution in [2.45, 2.75) is 33.1 Å². The monoisotopic (exact) mass is 390 g/mol. The van der Waals surface area contributed by atoms with Crippen LogP contribution in [0.25, 0.3) is 44.3 Å². The van der Waals surface area contributed by atoms with E-state index in [0.717, 1.165) is 55.6 Å². The van der Waals surface area contributed by atoms with Gasteiger partial charge >= 0.3 is 0 Å². The topological polar surface area (TPSA) is 38.9 Å². The molecule has 3 heteroatoms. The molecule has 0 atom stereocenters. The number of hydrogen-bond donors (Lipinski definition) is 0. The summed E-state index contributed by atoms with van der Waals surface area (Å²) in [6.07, 6.45) is 3.89. The zero-order valence-corrected chi connectivity index (χ0v) is 17.6. The van der Waals surface area contributed by atoms with Gasteiger partial charge in [0.15, 0.2) is 0 Å². The summed E-state index contributed by atoms with van der Waals surface area (Å²) in [5, 5.41) is 2.15. The van der Waals surface area contributed by atoms with Gasteiger partial charge in [0.1, 0.15) is 11.2 Å². The first-order valence-electron chi connectivity index (χ1n) is 10.3. The molecule has 3 nitrogen and oxygen atoms in total. The molecular formula is C27H22N2O. The van der Waals surface area contributed by atoms with Crippen LogP contribution in [0.3, 0.4) is 0 Å². The van der Waals surface area contributed by atoms with E-state index in [1.54, 1.807) is 0 Å². The Hall–Kier alpha value is -3.46. The largest absolute Gasteiger partial charge is 0.455 e. The number of fused-ring (bicyclic) bond motifs is 7. The van der Waals surface area contributed by atoms with Gasteiger partial charge in [0.05, 0.1) is 11.4 Å². The SMILES string of the molecule is Cc1ccc(-c2c(C)ccc3c2oc2c4c(ncc23)C(C)(C)c2ccccc2-4)nc1. The third-order valence-corrected chi connectivity index (χ3v) is 6.52. The third kappa shape index (κ3) is 2.15. The summed E-state index contributed by atoms with van der Waals surface area (Å²) in [5.74, 6) is 0. The Morgan fingerprint density at radius 1 is 0.767 bits per heavy atom. The van der Waals surface area contributed by atoms with Gasteiger partial charge < -0.3 is 4.42 Å². The maximum Gasteiger partial charge on any atom is 0.146 e. The second kappa shape index (κ2) is 5.79. The highest BCUT2D eigenvalue weighted by Gasteiger charge is 2.39. The molecule has 146 valence electrons. The van der Waals surface area contributed by atoms with Gasteiger partial charge in [-0.1, -0.05) is 56.3 Å². The van der Waals surface area contributed by atoms with Gasteiger partial charge in [-0.3, -0.25) is 9.97 Å². The van der Waals surface area contributed by atoms with Crippen LogP contribution < -0.4 is 0 Å². The molecule has 0 aliphatic heterocycles. The number of aromatic nitrogens is 2. The smallest absolute Gasteiger partial charge is 0.146 e. The molecule has 0 spiro atoms. The van der Waals surface area contributed by atoms with Gasteiger partial charge in [0, 0.05) is 39.7 Å². The van der Waals surface area contributed by atoms with Crippen molar-refractivity contribution in [1.29, 1.82) is 0 Å². The fraction of sp³-hybridized carbons (Fsp3) is 0.185. The molecule has 30 heavy (non-hydrogen) atoms. The zero-order chi connectivity index (χ0) is 20.6. The molecule has 1 aliphatic rings. The fourth-order valence-corrected chi connectivity index (χ4v) is 4.93. The number of nitrogens with zero attached hydrogens (tertiary/aromatic N) is 2. The Bertz CT molecular complexity index is 1470. The minimum Gasteiger partial charge on any atom is -0.455 e. The summed E-state index contributed by atoms with van der Waals surface area (Å²) in [6, 6.07) is 17.1. The average Bonchev–Trinajstić information content (AvgIpc) is 3.22. The molecule has 0 unspecified atom stereocenters. The van der Waals surface area contributed by atoms with E-state index in [1.165, 1.54) is 11.1 Å². The lowest BCUT2D eigenvalue weighted by Crippen LogP contribution is -2.16. The van der Waals surface area contributed by atoms with Gasteiger partial charge in [-0.05, 0) is 42.2 Å². The molecule has 0 N–H and O–H groups in total. The van der Waals surface area contributed by atoms with Crippen molar-refractivity contribution in [3.8, 4) is 22.4 Å². The lowest BCUT2D eigenvalue weighted by molar-refractivity contribution is 0.633. The molecular weight excluding hydrogens is 368 g/mol. The molecule has 3 aromatic heterocycles. The average molecular weight is 390 g/mol. The normalized spacial score (nSPS) is 14.3. The van der Waals surface area contributed by atoms with Crippen LogP contribution in [0.2, 0.25) is 0 Å². The van der Waals surface area contributed by atoms with Crippen molar-refractivity contribution in [2.24, 2.45) is 0 Å². The highest BCUT2D eigenvalue weighted by Crippen LogP contribution is 2.51. The number of furan rings is 1. The standard InChI is InChI=1S/C27H22N2O/c1-15-9-12-21(28-13-15)22-16(2)10-11-17-19-14-29-26-23(25(19)30-24(17)22)18-7-5-6-8-20(18)27(26,3)4/h5-14H,1-4H3. The van der Waals surface area contributed by atoms with Crippen LogP contribution in [0.1, 0.15) is 36.2 Å². The summed E-state index contributed by atoms with van der Waals surface area (Å²) in [6.45, 7) is 8.65. The maximum absolute atomic E-state index is 6.66. The van der Waals surface area contributed by atoms with Crippen LogP contribution in [-0.4, -0.2) is 9.97 Å². The number of pyridine rings is 2. The maximum atomic E-state index is 6.66. The Labute approximate surface area is 175 Å². The van der Waals surface area contributed by atoms with E-state index >= 15 is 0 Å². The summed E-state index contributed by atoms with van der Waals surface area (Å²) >= 11 is 0. The molecule has 5 aromatic rings. The van der Waals surface area contributed by atoms with Crippen LogP contribution in [-0.2, 0) is 5.41 Å². The highest BCUT2D eigenvalue weighted by molar-refractivity contribution is 6.14. The molecule has 0 amide bonds. The quantitative estimate of drug-likeness (QED) is 0.310. The lowest BCUT2D eigenvalue weighted by Gasteiger charge is -2.19. The third-order valence-electron chi connectivity index (χ3n) is 6.52. The van der Waals surface area contributed by atoms with Crippen LogP contribution in [0.4, 0.5) is 0 Å². The fourth-order valence-electron chi connectivity index (χ4n) is 4.93. The zero-order valence-electron chi connectivity index (χ0n) is 17.6. The molecule has 0 saturated carbocycles. The molecule has 2 aromatic carbocycles. The Kier molecular flexibility index (Phi) is 3.36. The predicted molar refractivity (Wildman–Crippen MR) is 122 cm³/mol. The summed E-state index contributed by atoms with van der Waals surface area (Å²) in [7, 11) is 0. The van der Waals surface area contributed by atoms with E-state index in [-0.39, 0.29) is 5.41 Å². The van der Waals surface area contributed by atoms with Crippen molar-refractivity contribution in [3.63, 3.8) is 0 Å². The predicted octanol–water partition coefficient (Wildman–Crippen LogP) is 6.97. The second-order valence-electron chi connectivity index (χ2n) is 8.85. The molecule has 6 rings (SSSR count). The van der Waals surface area contributed by atoms with Crippen LogP contribution in [0.5, 0.6) is 0 Å². The van der Waals surface area contributed by atoms with E-state index in [0.29, 0.717) is 0 Å². The van der Waals surface area contributed by atoms with Crippen LogP contribution >= 0.6 is 0 Å². The van der Waals surface area contributed by atoms with Gasteiger partial charge in [0.25, 0.3) is 0 Å². The molecule has 0 fully saturated rings. The first-order chi connectivity index (χ1) is 14.5. The van der Waals surface area contributed by atoms with Gasteiger partial charge in [0.2, 0.25) is 0 Å². The number of aryl methyl sites for hydroxylation is 2. The number of benzene rings is 2. The molecule has 0 bridgehead atoms. The minimum absolute atomic E-state index is 0.143. The van der Waals surface area contributed by atoms with Crippen molar-refractivity contribution in [2.75, 3.05) is 0 Å². The van der Waals surface area contributed by atoms with Crippen molar-refractivity contribution >= 4 is 21.9 Å². The molecule has 1 aliphatic carbocycles. The van der Waals surface area contributed by atoms with E-state index < -0.39 is 0 Å². The molecule has 3 heterocycles. The Balaban J connectivity index is 1.74. The Morgan fingerprint density at radius 3 is 2.37 bits per heavy atom. The number of hydrogen-bond acceptors (Lipinski definition) is 3. The van der Waals surface area contributed by atoms with E-state index in [9.17, 15) is 0 Å². The lowest BCUT2D eigenvalue weighted by atomic mass is 9.85. The van der Waals surface area contributed by atoms with Crippen LogP contribution in [0.15, 0.2) is 65.3 Å². The second-order valence-corrected chi connectivity index (χ2v) is 8.85. The van der Waals surface area contributed by atoms with E-state index in [1.807, 2.05) is 12.4 Å². The van der Waals surface area contributed by atoms with Crippen molar-refractivity contribution in [3.05, 3.63) is 83.3 Å². The van der Waals surface area contributed by atoms with E-state index in [4.69, 9.17) is 9.40 Å². The summed E-state index contributed by atoms with van der Waals surface area (Å²) in [5.41, 5.74) is 10.7. The highest BCUT2D eigenvalue weighted by atomic mass is 16.3. The first kappa shape index (κ1) is 17.4. The van der Waals surface area contributed by atoms with Crippen molar-refractivity contribution in [1.82, 2.24) is 9.97 Å². The van der Waals surface area contributed by atoms with Gasteiger partial charge in [-0.2, -0.15) is 0 Å². The molecule has 0 radical (unpaired) electrons. The summed E-state index contributed by atoms with van der Waals surface area (Å²) < 4.78 is 6.66. The van der Waals surface area contributed by atoms with Gasteiger partial charge in [-0.15, -0.1) is 0 Å². The first-order valence-corrected chi connectivity index (χ1v) is 10.3.